The number of aryl methyl sites for hydroxylation is 1. The fourth-order valence-corrected chi connectivity index (χ4v) is 3.47. The van der Waals surface area contributed by atoms with Crippen LogP contribution in [0.15, 0.2) is 42.5 Å². The molecule has 29 heavy (non-hydrogen) atoms. The lowest BCUT2D eigenvalue weighted by Crippen LogP contribution is -2.29. The third-order valence-corrected chi connectivity index (χ3v) is 5.05. The van der Waals surface area contributed by atoms with Crippen molar-refractivity contribution >= 4 is 17.5 Å². The second-order valence-electron chi connectivity index (χ2n) is 6.68. The number of nitrogens with zero attached hydrogens (tertiary/aromatic N) is 3. The molecule has 3 aromatic rings. The molecule has 2 heterocycles. The molecule has 2 aromatic carbocycles. The molecule has 0 saturated heterocycles. The Morgan fingerprint density at radius 3 is 2.72 bits per heavy atom. The first-order chi connectivity index (χ1) is 14.1. The lowest BCUT2D eigenvalue weighted by Gasteiger charge is -2.22. The Hall–Kier alpha value is -3.06. The molecule has 1 N–H and O–H groups in total. The minimum Gasteiger partial charge on any atom is -0.486 e. The van der Waals surface area contributed by atoms with Gasteiger partial charge in [-0.2, -0.15) is 0 Å². The minimum absolute atomic E-state index is 0.0958. The highest BCUT2D eigenvalue weighted by Gasteiger charge is 2.21. The van der Waals surface area contributed by atoms with Gasteiger partial charge in [0, 0.05) is 0 Å². The monoisotopic (exact) mass is 412 g/mol. The predicted molar refractivity (Wildman–Crippen MR) is 109 cm³/mol. The molecule has 8 heteroatoms. The molecule has 1 aliphatic rings. The van der Waals surface area contributed by atoms with E-state index in [0.717, 1.165) is 11.3 Å². The zero-order chi connectivity index (χ0) is 20.4. The number of hydrogen-bond donors (Lipinski definition) is 1. The first-order valence-electron chi connectivity index (χ1n) is 9.45. The summed E-state index contributed by atoms with van der Waals surface area (Å²) in [6, 6.07) is 12.8. The average Bonchev–Trinajstić information content (AvgIpc) is 3.13. The summed E-state index contributed by atoms with van der Waals surface area (Å²) in [6.45, 7) is 4.84. The Labute approximate surface area is 173 Å². The van der Waals surface area contributed by atoms with Gasteiger partial charge in [-0.05, 0) is 43.2 Å². The summed E-state index contributed by atoms with van der Waals surface area (Å²) in [5.74, 6) is 1.74. The Morgan fingerprint density at radius 1 is 1.21 bits per heavy atom. The maximum absolute atomic E-state index is 12.8. The van der Waals surface area contributed by atoms with Crippen molar-refractivity contribution < 1.29 is 14.3 Å². The van der Waals surface area contributed by atoms with Gasteiger partial charge in [0.1, 0.15) is 19.0 Å². The van der Waals surface area contributed by atoms with Crippen LogP contribution in [0.25, 0.3) is 5.69 Å². The lowest BCUT2D eigenvalue weighted by molar-refractivity contribution is 0.0925. The maximum atomic E-state index is 12.8. The van der Waals surface area contributed by atoms with Crippen molar-refractivity contribution in [1.82, 2.24) is 20.1 Å². The average molecular weight is 413 g/mol. The van der Waals surface area contributed by atoms with Gasteiger partial charge < -0.3 is 14.8 Å². The molecule has 1 unspecified atom stereocenters. The van der Waals surface area contributed by atoms with E-state index in [-0.39, 0.29) is 17.8 Å². The van der Waals surface area contributed by atoms with Gasteiger partial charge in [0.25, 0.3) is 5.91 Å². The third kappa shape index (κ3) is 3.91. The quantitative estimate of drug-likeness (QED) is 0.688. The molecule has 0 aliphatic carbocycles. The van der Waals surface area contributed by atoms with Gasteiger partial charge in [0.15, 0.2) is 11.5 Å². The zero-order valence-corrected chi connectivity index (χ0v) is 16.9. The highest BCUT2D eigenvalue weighted by molar-refractivity contribution is 6.32. The molecule has 1 aromatic heterocycles. The van der Waals surface area contributed by atoms with E-state index in [0.29, 0.717) is 41.9 Å². The van der Waals surface area contributed by atoms with Crippen LogP contribution < -0.4 is 14.8 Å². The summed E-state index contributed by atoms with van der Waals surface area (Å²) in [5, 5.41) is 7.90. The number of fused-ring (bicyclic) bond motifs is 1. The minimum atomic E-state index is -0.347. The topological polar surface area (TPSA) is 78.3 Å². The van der Waals surface area contributed by atoms with Crippen LogP contribution in [-0.2, 0) is 0 Å². The summed E-state index contributed by atoms with van der Waals surface area (Å²) >= 11 is 6.25. The smallest absolute Gasteiger partial charge is 0.291 e. The van der Waals surface area contributed by atoms with Gasteiger partial charge in [0.2, 0.25) is 5.82 Å². The number of ether oxygens (including phenoxy) is 2. The molecule has 150 valence electrons. The van der Waals surface area contributed by atoms with E-state index in [1.165, 1.54) is 0 Å². The van der Waals surface area contributed by atoms with Gasteiger partial charge in [0.05, 0.1) is 16.8 Å². The summed E-state index contributed by atoms with van der Waals surface area (Å²) in [7, 11) is 0. The Morgan fingerprint density at radius 2 is 1.97 bits per heavy atom. The molecule has 1 atom stereocenters. The highest BCUT2D eigenvalue weighted by Crippen LogP contribution is 2.33. The summed E-state index contributed by atoms with van der Waals surface area (Å²) in [6.07, 6.45) is 0.704. The van der Waals surface area contributed by atoms with Crippen molar-refractivity contribution in [1.29, 1.82) is 0 Å². The van der Waals surface area contributed by atoms with E-state index < -0.39 is 0 Å². The molecule has 0 bridgehead atoms. The van der Waals surface area contributed by atoms with E-state index in [9.17, 15) is 4.79 Å². The van der Waals surface area contributed by atoms with Crippen LogP contribution >= 0.6 is 11.6 Å². The third-order valence-electron chi connectivity index (χ3n) is 4.73. The molecule has 1 amide bonds. The first kappa shape index (κ1) is 19.3. The molecule has 0 fully saturated rings. The van der Waals surface area contributed by atoms with E-state index in [1.54, 1.807) is 17.7 Å². The molecule has 1 aliphatic heterocycles. The fourth-order valence-electron chi connectivity index (χ4n) is 3.26. The number of carbonyl (C=O) groups is 1. The summed E-state index contributed by atoms with van der Waals surface area (Å²) in [5.41, 5.74) is 1.62. The van der Waals surface area contributed by atoms with Gasteiger partial charge in [-0.3, -0.25) is 4.79 Å². The molecule has 0 radical (unpaired) electrons. The van der Waals surface area contributed by atoms with Gasteiger partial charge in [-0.15, -0.1) is 5.10 Å². The maximum Gasteiger partial charge on any atom is 0.291 e. The fraction of sp³-hybridized carbons (Fsp3) is 0.286. The van der Waals surface area contributed by atoms with E-state index in [2.05, 4.69) is 15.4 Å². The second kappa shape index (κ2) is 8.13. The van der Waals surface area contributed by atoms with Crippen LogP contribution in [-0.4, -0.2) is 33.9 Å². The summed E-state index contributed by atoms with van der Waals surface area (Å²) in [4.78, 5) is 17.1. The van der Waals surface area contributed by atoms with Crippen LogP contribution in [0, 0.1) is 6.92 Å². The number of para-hydroxylation sites is 1. The van der Waals surface area contributed by atoms with Crippen LogP contribution in [0.3, 0.4) is 0 Å². The molecular weight excluding hydrogens is 392 g/mol. The molecule has 0 spiro atoms. The van der Waals surface area contributed by atoms with Gasteiger partial charge in [-0.25, -0.2) is 9.67 Å². The Bertz CT molecular complexity index is 1050. The molecule has 0 saturated carbocycles. The van der Waals surface area contributed by atoms with Crippen LogP contribution in [0.4, 0.5) is 0 Å². The number of benzene rings is 2. The van der Waals surface area contributed by atoms with Crippen molar-refractivity contribution in [3.05, 3.63) is 64.7 Å². The number of rotatable bonds is 5. The zero-order valence-electron chi connectivity index (χ0n) is 16.2. The number of nitrogens with one attached hydrogen (secondary N) is 1. The number of hydrogen-bond acceptors (Lipinski definition) is 5. The van der Waals surface area contributed by atoms with Crippen molar-refractivity contribution in [2.24, 2.45) is 0 Å². The van der Waals surface area contributed by atoms with E-state index in [4.69, 9.17) is 21.1 Å². The second-order valence-corrected chi connectivity index (χ2v) is 7.09. The largest absolute Gasteiger partial charge is 0.486 e. The lowest BCUT2D eigenvalue weighted by atomic mass is 10.0. The first-order valence-corrected chi connectivity index (χ1v) is 9.83. The highest BCUT2D eigenvalue weighted by atomic mass is 35.5. The standard InChI is InChI=1S/C21H21ClN4O3/c1-3-16(14-8-9-18-19(12-14)29-11-10-28-18)24-21(27)20-23-13(2)26(25-20)17-7-5-4-6-15(17)22/h4-9,12,16H,3,10-11H2,1-2H3,(H,24,27). The Kier molecular flexibility index (Phi) is 5.40. The molecule has 4 rings (SSSR count). The van der Waals surface area contributed by atoms with Crippen molar-refractivity contribution in [2.45, 2.75) is 26.3 Å². The molecular formula is C21H21ClN4O3. The van der Waals surface area contributed by atoms with Crippen LogP contribution in [0.2, 0.25) is 5.02 Å². The van der Waals surface area contributed by atoms with E-state index >= 15 is 0 Å². The van der Waals surface area contributed by atoms with Gasteiger partial charge >= 0.3 is 0 Å². The molecule has 7 nitrogen and oxygen atoms in total. The number of amides is 1. The van der Waals surface area contributed by atoms with Gasteiger partial charge in [-0.1, -0.05) is 36.7 Å². The van der Waals surface area contributed by atoms with E-state index in [1.807, 2.05) is 43.3 Å². The number of carbonyl (C=O) groups excluding carboxylic acids is 1. The van der Waals surface area contributed by atoms with Crippen molar-refractivity contribution in [3.8, 4) is 17.2 Å². The number of aromatic nitrogens is 3. The van der Waals surface area contributed by atoms with Crippen molar-refractivity contribution in [2.75, 3.05) is 13.2 Å². The predicted octanol–water partition coefficient (Wildman–Crippen LogP) is 3.88. The normalized spacial score (nSPS) is 13.8. The van der Waals surface area contributed by atoms with Crippen molar-refractivity contribution in [3.63, 3.8) is 0 Å². The van der Waals surface area contributed by atoms with Crippen LogP contribution in [0.1, 0.15) is 41.4 Å². The van der Waals surface area contributed by atoms with Crippen LogP contribution in [0.5, 0.6) is 11.5 Å². The SMILES string of the molecule is CCC(NC(=O)c1nc(C)n(-c2ccccc2Cl)n1)c1ccc2c(c1)OCCO2. The number of halogens is 1. The Balaban J connectivity index is 1.55. The summed E-state index contributed by atoms with van der Waals surface area (Å²) < 4.78 is 12.8.